The van der Waals surface area contributed by atoms with Gasteiger partial charge < -0.3 is 10.1 Å². The van der Waals surface area contributed by atoms with Crippen LogP contribution in [-0.4, -0.2) is 7.11 Å². The van der Waals surface area contributed by atoms with Gasteiger partial charge in [0.25, 0.3) is 0 Å². The van der Waals surface area contributed by atoms with E-state index in [1.807, 2.05) is 24.3 Å². The summed E-state index contributed by atoms with van der Waals surface area (Å²) in [5.41, 5.74) is 1.03. The molecule has 0 fully saturated rings. The van der Waals surface area contributed by atoms with Crippen molar-refractivity contribution in [3.8, 4) is 5.75 Å². The topological polar surface area (TPSA) is 25.8 Å². The van der Waals surface area contributed by atoms with E-state index in [1.54, 1.807) is 12.4 Å². The van der Waals surface area contributed by atoms with E-state index in [-0.39, 0.29) is 0 Å². The zero-order valence-corrected chi connectivity index (χ0v) is 6.00. The molecule has 0 amide bonds. The smallest absolute Gasteiger partial charge is 0.177 e. The van der Waals surface area contributed by atoms with Gasteiger partial charge in [-0.3, -0.25) is 0 Å². The van der Waals surface area contributed by atoms with Crippen molar-refractivity contribution in [2.45, 2.75) is 0 Å². The average molecular weight is 137 g/mol. The maximum Gasteiger partial charge on any atom is 0.177 e. The van der Waals surface area contributed by atoms with Gasteiger partial charge >= 0.3 is 0 Å². The van der Waals surface area contributed by atoms with Crippen molar-refractivity contribution in [3.05, 3.63) is 31.3 Å². The quantitative estimate of drug-likeness (QED) is 0.471. The van der Waals surface area contributed by atoms with E-state index in [2.05, 4.69) is 7.05 Å². The first-order chi connectivity index (χ1) is 4.88. The van der Waals surface area contributed by atoms with Crippen LogP contribution in [-0.2, 0) is 0 Å². The molecule has 1 aromatic rings. The molecule has 0 atom stereocenters. The van der Waals surface area contributed by atoms with Gasteiger partial charge in [0, 0.05) is 6.07 Å². The molecule has 0 saturated carbocycles. The normalized spacial score (nSPS) is 9.40. The van der Waals surface area contributed by atoms with Crippen molar-refractivity contribution in [1.82, 2.24) is 0 Å². The number of methoxy groups -OCH3 is 1. The summed E-state index contributed by atoms with van der Waals surface area (Å²) < 4.78 is 5.06. The summed E-state index contributed by atoms with van der Waals surface area (Å²) in [6, 6.07) is 7.77. The molecule has 54 valence electrons. The molecular formula is C8H11NO. The molecule has 0 saturated heterocycles. The van der Waals surface area contributed by atoms with Gasteiger partial charge in [-0.1, -0.05) is 12.1 Å². The molecule has 0 spiro atoms. The highest BCUT2D eigenvalue weighted by molar-refractivity contribution is 5.44. The molecule has 0 aromatic heterocycles. The van der Waals surface area contributed by atoms with E-state index >= 15 is 0 Å². The molecule has 0 heterocycles. The van der Waals surface area contributed by atoms with Gasteiger partial charge in [-0.25, -0.2) is 0 Å². The summed E-state index contributed by atoms with van der Waals surface area (Å²) in [5, 5.41) is 1.78. The van der Waals surface area contributed by atoms with Crippen LogP contribution in [0.5, 0.6) is 5.75 Å². The molecule has 2 heteroatoms. The van der Waals surface area contributed by atoms with E-state index in [0.29, 0.717) is 0 Å². The Balaban J connectivity index is 2.96. The molecule has 0 aliphatic carbocycles. The Morgan fingerprint density at radius 3 is 2.60 bits per heavy atom. The van der Waals surface area contributed by atoms with Gasteiger partial charge in [-0.05, 0) is 6.07 Å². The van der Waals surface area contributed by atoms with Gasteiger partial charge in [0.15, 0.2) is 5.75 Å². The maximum atomic E-state index is 5.06. The number of para-hydroxylation sites is 2. The Kier molecular flexibility index (Phi) is 2.29. The fraction of sp³-hybridized carbons (Fsp3) is 0.125. The van der Waals surface area contributed by atoms with Gasteiger partial charge in [0.1, 0.15) is 5.69 Å². The Bertz CT molecular complexity index is 187. The minimum absolute atomic E-state index is 0.873. The second-order valence-electron chi connectivity index (χ2n) is 1.95. The predicted molar refractivity (Wildman–Crippen MR) is 39.9 cm³/mol. The van der Waals surface area contributed by atoms with Crippen LogP contribution in [0, 0.1) is 7.05 Å². The van der Waals surface area contributed by atoms with Crippen molar-refractivity contribution in [2.24, 2.45) is 0 Å². The average Bonchev–Trinajstić information content (AvgIpc) is 2.04. The van der Waals surface area contributed by atoms with Crippen LogP contribution < -0.4 is 10.1 Å². The number of rotatable bonds is 2. The minimum Gasteiger partial charge on any atom is -0.491 e. The van der Waals surface area contributed by atoms with Crippen LogP contribution in [0.4, 0.5) is 5.69 Å². The maximum absolute atomic E-state index is 5.06. The van der Waals surface area contributed by atoms with Gasteiger partial charge in [0.05, 0.1) is 7.11 Å². The lowest BCUT2D eigenvalue weighted by molar-refractivity contribution is -0.505. The fourth-order valence-electron chi connectivity index (χ4n) is 0.835. The van der Waals surface area contributed by atoms with Crippen LogP contribution in [0.1, 0.15) is 0 Å². The first-order valence-corrected chi connectivity index (χ1v) is 3.14. The number of nitrogens with two attached hydrogens (primary N) is 1. The molecule has 2 N–H and O–H groups in total. The number of hydrogen-bond donors (Lipinski definition) is 1. The van der Waals surface area contributed by atoms with Crippen LogP contribution in [0.15, 0.2) is 24.3 Å². The SMILES string of the molecule is [CH2-][NH2+]c1ccccc1OC. The minimum atomic E-state index is 0.873. The van der Waals surface area contributed by atoms with Gasteiger partial charge in [-0.15, -0.1) is 7.05 Å². The largest absolute Gasteiger partial charge is 0.491 e. The van der Waals surface area contributed by atoms with E-state index in [4.69, 9.17) is 4.74 Å². The Hall–Kier alpha value is -1.02. The summed E-state index contributed by atoms with van der Waals surface area (Å²) >= 11 is 0. The molecule has 1 rings (SSSR count). The molecule has 10 heavy (non-hydrogen) atoms. The highest BCUT2D eigenvalue weighted by Gasteiger charge is 1.97. The zero-order valence-electron chi connectivity index (χ0n) is 6.00. The van der Waals surface area contributed by atoms with Crippen LogP contribution >= 0.6 is 0 Å². The highest BCUT2D eigenvalue weighted by atomic mass is 16.5. The molecule has 0 radical (unpaired) electrons. The summed E-state index contributed by atoms with van der Waals surface area (Å²) in [6.07, 6.45) is 0. The standard InChI is InChI=1S/C8H11NO/c1-9-7-5-3-4-6-8(7)10-2/h3-6H,1,9H2,2H3. The summed E-state index contributed by atoms with van der Waals surface area (Å²) in [5.74, 6) is 0.873. The van der Waals surface area contributed by atoms with Crippen molar-refractivity contribution in [2.75, 3.05) is 7.11 Å². The van der Waals surface area contributed by atoms with Crippen LogP contribution in [0.25, 0.3) is 0 Å². The van der Waals surface area contributed by atoms with Crippen LogP contribution in [0.3, 0.4) is 0 Å². The van der Waals surface area contributed by atoms with Crippen molar-refractivity contribution in [1.29, 1.82) is 0 Å². The first kappa shape index (κ1) is 7.09. The third kappa shape index (κ3) is 1.28. The van der Waals surface area contributed by atoms with Crippen molar-refractivity contribution in [3.63, 3.8) is 0 Å². The molecule has 0 aliphatic rings. The van der Waals surface area contributed by atoms with E-state index in [9.17, 15) is 0 Å². The van der Waals surface area contributed by atoms with Crippen LogP contribution in [0.2, 0.25) is 0 Å². The first-order valence-electron chi connectivity index (χ1n) is 3.14. The Morgan fingerprint density at radius 1 is 1.40 bits per heavy atom. The summed E-state index contributed by atoms with van der Waals surface area (Å²) in [4.78, 5) is 0. The summed E-state index contributed by atoms with van der Waals surface area (Å²) in [7, 11) is 5.31. The lowest BCUT2D eigenvalue weighted by Gasteiger charge is -2.04. The number of quaternary nitrogens is 1. The predicted octanol–water partition coefficient (Wildman–Crippen LogP) is 0.682. The fourth-order valence-corrected chi connectivity index (χ4v) is 0.835. The lowest BCUT2D eigenvalue weighted by Crippen LogP contribution is -2.69. The molecular weight excluding hydrogens is 126 g/mol. The molecule has 1 aromatic carbocycles. The second kappa shape index (κ2) is 3.22. The molecule has 0 aliphatic heterocycles. The number of hydrogen-bond acceptors (Lipinski definition) is 1. The lowest BCUT2D eigenvalue weighted by atomic mass is 10.3. The second-order valence-corrected chi connectivity index (χ2v) is 1.95. The Morgan fingerprint density at radius 2 is 2.10 bits per heavy atom. The van der Waals surface area contributed by atoms with Gasteiger partial charge in [-0.2, -0.15) is 0 Å². The van der Waals surface area contributed by atoms with Crippen molar-refractivity contribution < 1.29 is 10.1 Å². The molecule has 2 nitrogen and oxygen atoms in total. The number of benzene rings is 1. The zero-order chi connectivity index (χ0) is 7.40. The van der Waals surface area contributed by atoms with Gasteiger partial charge in [0.2, 0.25) is 0 Å². The number of ether oxygens (including phenoxy) is 1. The van der Waals surface area contributed by atoms with E-state index in [1.165, 1.54) is 0 Å². The monoisotopic (exact) mass is 137 g/mol. The third-order valence-electron chi connectivity index (χ3n) is 1.36. The molecule has 0 bridgehead atoms. The summed E-state index contributed by atoms with van der Waals surface area (Å²) in [6.45, 7) is 0. The van der Waals surface area contributed by atoms with E-state index < -0.39 is 0 Å². The van der Waals surface area contributed by atoms with E-state index in [0.717, 1.165) is 11.4 Å². The molecule has 0 unspecified atom stereocenters. The highest BCUT2D eigenvalue weighted by Crippen LogP contribution is 2.17. The van der Waals surface area contributed by atoms with Crippen molar-refractivity contribution >= 4 is 5.69 Å². The Labute approximate surface area is 60.8 Å². The third-order valence-corrected chi connectivity index (χ3v) is 1.36.